The monoisotopic (exact) mass is 209 g/mol. The maximum Gasteiger partial charge on any atom is 0.373 e. The van der Waals surface area contributed by atoms with Crippen LogP contribution >= 0.6 is 0 Å². The molecule has 0 aliphatic rings. The highest BCUT2D eigenvalue weighted by atomic mass is 19.1. The lowest BCUT2D eigenvalue weighted by Crippen LogP contribution is -2.30. The molecule has 3 nitrogen and oxygen atoms in total. The number of halogens is 1. The Morgan fingerprint density at radius 3 is 2.80 bits per heavy atom. The fourth-order valence-corrected chi connectivity index (χ4v) is 1.29. The highest BCUT2D eigenvalue weighted by Gasteiger charge is 2.10. The van der Waals surface area contributed by atoms with Crippen LogP contribution in [0.4, 0.5) is 4.39 Å². The second-order valence-corrected chi connectivity index (χ2v) is 3.41. The van der Waals surface area contributed by atoms with Gasteiger partial charge in [0.1, 0.15) is 5.82 Å². The van der Waals surface area contributed by atoms with Crippen LogP contribution in [0.25, 0.3) is 0 Å². The summed E-state index contributed by atoms with van der Waals surface area (Å²) in [6.07, 6.45) is 0. The lowest BCUT2D eigenvalue weighted by atomic mass is 9.88. The van der Waals surface area contributed by atoms with Crippen molar-refractivity contribution in [3.63, 3.8) is 0 Å². The van der Waals surface area contributed by atoms with E-state index in [1.54, 1.807) is 12.9 Å². The van der Waals surface area contributed by atoms with E-state index in [1.165, 1.54) is 19.1 Å². The van der Waals surface area contributed by atoms with Gasteiger partial charge in [0.05, 0.1) is 0 Å². The van der Waals surface area contributed by atoms with Gasteiger partial charge in [-0.1, -0.05) is 6.07 Å². The molecule has 1 aromatic carbocycles. The zero-order valence-electron chi connectivity index (χ0n) is 8.75. The van der Waals surface area contributed by atoms with Gasteiger partial charge in [-0.2, -0.15) is 0 Å². The highest BCUT2D eigenvalue weighted by Crippen LogP contribution is 2.12. The third-order valence-corrected chi connectivity index (χ3v) is 2.04. The van der Waals surface area contributed by atoms with E-state index < -0.39 is 12.9 Å². The molecule has 0 aliphatic heterocycles. The number of nitrogens with one attached hydrogen (secondary N) is 1. The summed E-state index contributed by atoms with van der Waals surface area (Å²) in [5, 5.41) is 11.8. The molecule has 0 amide bonds. The molecule has 0 aliphatic carbocycles. The molecule has 2 N–H and O–H groups in total. The Hall–Kier alpha value is -1.20. The summed E-state index contributed by atoms with van der Waals surface area (Å²) >= 11 is 0. The summed E-state index contributed by atoms with van der Waals surface area (Å²) in [4.78, 5) is 11.2. The minimum Gasteiger partial charge on any atom is -0.437 e. The minimum atomic E-state index is -0.658. The first kappa shape index (κ1) is 11.9. The van der Waals surface area contributed by atoms with Crippen LogP contribution in [-0.2, 0) is 6.54 Å². The summed E-state index contributed by atoms with van der Waals surface area (Å²) in [5.74, 6) is -0.613. The molecule has 0 atom stereocenters. The van der Waals surface area contributed by atoms with Crippen molar-refractivity contribution in [2.24, 2.45) is 0 Å². The van der Waals surface area contributed by atoms with Gasteiger partial charge in [-0.3, -0.25) is 4.79 Å². The molecule has 0 bridgehead atoms. The summed E-state index contributed by atoms with van der Waals surface area (Å²) in [6, 6.07) is 4.05. The van der Waals surface area contributed by atoms with Gasteiger partial charge < -0.3 is 10.3 Å². The van der Waals surface area contributed by atoms with Gasteiger partial charge in [-0.05, 0) is 31.4 Å². The van der Waals surface area contributed by atoms with E-state index in [1.807, 2.05) is 0 Å². The van der Waals surface area contributed by atoms with Crippen molar-refractivity contribution >= 4 is 12.8 Å². The Morgan fingerprint density at radius 2 is 2.27 bits per heavy atom. The molecule has 0 heterocycles. The summed E-state index contributed by atoms with van der Waals surface area (Å²) in [5.41, 5.74) is 1.04. The molecule has 1 aromatic rings. The average molecular weight is 209 g/mol. The quantitative estimate of drug-likeness (QED) is 0.579. The van der Waals surface area contributed by atoms with Crippen LogP contribution < -0.4 is 5.23 Å². The number of carbonyl (C=O) groups excluding carboxylic acids is 1. The third-order valence-electron chi connectivity index (χ3n) is 2.04. The molecule has 0 radical (unpaired) electrons. The Morgan fingerprint density at radius 1 is 1.60 bits per heavy atom. The number of carbonyl (C=O) groups is 1. The van der Waals surface area contributed by atoms with Crippen LogP contribution in [0.5, 0.6) is 0 Å². The first-order valence-electron chi connectivity index (χ1n) is 4.71. The first-order chi connectivity index (χ1) is 7.00. The minimum absolute atomic E-state index is 0.183. The van der Waals surface area contributed by atoms with Gasteiger partial charge in [0.15, 0.2) is 5.78 Å². The van der Waals surface area contributed by atoms with E-state index in [0.29, 0.717) is 17.7 Å². The van der Waals surface area contributed by atoms with Crippen LogP contribution in [0.15, 0.2) is 18.2 Å². The van der Waals surface area contributed by atoms with Crippen LogP contribution in [0.3, 0.4) is 0 Å². The number of ketones is 1. The fourth-order valence-electron chi connectivity index (χ4n) is 1.29. The summed E-state index contributed by atoms with van der Waals surface area (Å²) < 4.78 is 12.9. The largest absolute Gasteiger partial charge is 0.437 e. The number of hydrogen-bond acceptors (Lipinski definition) is 3. The predicted molar refractivity (Wildman–Crippen MR) is 57.1 cm³/mol. The number of benzene rings is 1. The third kappa shape index (κ3) is 3.45. The molecule has 15 heavy (non-hydrogen) atoms. The zero-order valence-corrected chi connectivity index (χ0v) is 8.75. The van der Waals surface area contributed by atoms with Crippen molar-refractivity contribution in [1.29, 1.82) is 0 Å². The van der Waals surface area contributed by atoms with Crippen molar-refractivity contribution in [3.05, 3.63) is 35.1 Å². The SMILES string of the molecule is CB(O)NCc1ccc(F)cc1C(C)=O. The van der Waals surface area contributed by atoms with Gasteiger partial charge in [-0.15, -0.1) is 0 Å². The van der Waals surface area contributed by atoms with Gasteiger partial charge in [-0.25, -0.2) is 4.39 Å². The van der Waals surface area contributed by atoms with Gasteiger partial charge >= 0.3 is 7.05 Å². The van der Waals surface area contributed by atoms with Crippen molar-refractivity contribution in [3.8, 4) is 0 Å². The van der Waals surface area contributed by atoms with E-state index in [2.05, 4.69) is 5.23 Å². The Balaban J connectivity index is 2.91. The zero-order chi connectivity index (χ0) is 11.4. The van der Waals surface area contributed by atoms with Crippen molar-refractivity contribution in [1.82, 2.24) is 5.23 Å². The molecule has 0 spiro atoms. The molecule has 0 fully saturated rings. The predicted octanol–water partition coefficient (Wildman–Crippen LogP) is 1.23. The van der Waals surface area contributed by atoms with Gasteiger partial charge in [0.25, 0.3) is 0 Å². The topological polar surface area (TPSA) is 49.3 Å². The van der Waals surface area contributed by atoms with Crippen molar-refractivity contribution in [2.45, 2.75) is 20.3 Å². The molecule has 5 heteroatoms. The maximum absolute atomic E-state index is 12.9. The molecule has 0 saturated heterocycles. The molecule has 0 saturated carbocycles. The molecule has 0 aromatic heterocycles. The number of rotatable bonds is 4. The van der Waals surface area contributed by atoms with Gasteiger partial charge in [0.2, 0.25) is 0 Å². The first-order valence-corrected chi connectivity index (χ1v) is 4.71. The van der Waals surface area contributed by atoms with E-state index in [0.717, 1.165) is 0 Å². The smallest absolute Gasteiger partial charge is 0.373 e. The summed E-state index contributed by atoms with van der Waals surface area (Å²) in [6.45, 7) is 3.31. The lowest BCUT2D eigenvalue weighted by molar-refractivity contribution is 0.101. The maximum atomic E-state index is 12.9. The van der Waals surface area contributed by atoms with Crippen LogP contribution in [-0.4, -0.2) is 17.9 Å². The number of hydrogen-bond donors (Lipinski definition) is 2. The Kier molecular flexibility index (Phi) is 4.00. The Bertz CT molecular complexity index is 368. The summed E-state index contributed by atoms with van der Waals surface area (Å²) in [7, 11) is -0.658. The fraction of sp³-hybridized carbons (Fsp3) is 0.300. The Labute approximate surface area is 88.4 Å². The molecule has 80 valence electrons. The van der Waals surface area contributed by atoms with Crippen LogP contribution in [0.1, 0.15) is 22.8 Å². The van der Waals surface area contributed by atoms with E-state index >= 15 is 0 Å². The van der Waals surface area contributed by atoms with E-state index in [4.69, 9.17) is 5.02 Å². The van der Waals surface area contributed by atoms with Crippen LogP contribution in [0, 0.1) is 5.82 Å². The van der Waals surface area contributed by atoms with Crippen LogP contribution in [0.2, 0.25) is 6.82 Å². The van der Waals surface area contributed by atoms with E-state index in [9.17, 15) is 9.18 Å². The highest BCUT2D eigenvalue weighted by molar-refractivity contribution is 6.45. The normalized spacial score (nSPS) is 10.1. The standard InChI is InChI=1S/C10H13BFNO2/c1-7(14)10-5-9(12)4-3-8(10)6-13-11(2)15/h3-5,13,15H,6H2,1-2H3. The molecular formula is C10H13BFNO2. The molecule has 1 rings (SSSR count). The second kappa shape index (κ2) is 5.05. The molecular weight excluding hydrogens is 196 g/mol. The number of Topliss-reactive ketones (excluding diaryl/α,β-unsaturated/α-hetero) is 1. The molecule has 0 unspecified atom stereocenters. The van der Waals surface area contributed by atoms with Crippen molar-refractivity contribution in [2.75, 3.05) is 0 Å². The lowest BCUT2D eigenvalue weighted by Gasteiger charge is -2.08. The second-order valence-electron chi connectivity index (χ2n) is 3.41. The average Bonchev–Trinajstić information content (AvgIpc) is 2.15. The van der Waals surface area contributed by atoms with Crippen molar-refractivity contribution < 1.29 is 14.2 Å². The van der Waals surface area contributed by atoms with E-state index in [-0.39, 0.29) is 5.78 Å². The van der Waals surface area contributed by atoms with Gasteiger partial charge in [0, 0.05) is 12.1 Å².